The van der Waals surface area contributed by atoms with Crippen LogP contribution in [0.15, 0.2) is 84.9 Å². The Labute approximate surface area is 155 Å². The van der Waals surface area contributed by atoms with Gasteiger partial charge in [-0.2, -0.15) is 0 Å². The number of nitrogens with one attached hydrogen (secondary N) is 1. The molecule has 1 N–H and O–H groups in total. The first-order valence-electron chi connectivity index (χ1n) is 8.99. The second-order valence-corrected chi connectivity index (χ2v) is 6.13. The van der Waals surface area contributed by atoms with Crippen molar-refractivity contribution in [3.63, 3.8) is 0 Å². The molecule has 3 heteroatoms. The van der Waals surface area contributed by atoms with Crippen LogP contribution in [-0.4, -0.2) is 13.6 Å². The average Bonchev–Trinajstić information content (AvgIpc) is 2.71. The van der Waals surface area contributed by atoms with Crippen LogP contribution in [0.2, 0.25) is 0 Å². The summed E-state index contributed by atoms with van der Waals surface area (Å²) >= 11 is 0. The molecule has 0 aliphatic carbocycles. The zero-order chi connectivity index (χ0) is 18.0. The van der Waals surface area contributed by atoms with Gasteiger partial charge in [0.1, 0.15) is 12.7 Å². The van der Waals surface area contributed by atoms with E-state index in [1.807, 2.05) is 67.7 Å². The summed E-state index contributed by atoms with van der Waals surface area (Å²) in [7, 11) is 1.96. The number of hydrogen-bond donors (Lipinski definition) is 1. The third-order valence-corrected chi connectivity index (χ3v) is 4.18. The van der Waals surface area contributed by atoms with Crippen LogP contribution < -0.4 is 14.8 Å². The predicted octanol–water partition coefficient (Wildman–Crippen LogP) is 5.00. The molecule has 0 heterocycles. The van der Waals surface area contributed by atoms with Crippen molar-refractivity contribution in [1.82, 2.24) is 5.32 Å². The molecule has 0 aliphatic heterocycles. The maximum Gasteiger partial charge on any atom is 0.162 e. The number of rotatable bonds is 9. The quantitative estimate of drug-likeness (QED) is 0.591. The first-order chi connectivity index (χ1) is 12.9. The predicted molar refractivity (Wildman–Crippen MR) is 106 cm³/mol. The Hall–Kier alpha value is -2.78. The van der Waals surface area contributed by atoms with Crippen molar-refractivity contribution in [2.24, 2.45) is 0 Å². The van der Waals surface area contributed by atoms with E-state index in [9.17, 15) is 0 Å². The maximum absolute atomic E-state index is 6.36. The lowest BCUT2D eigenvalue weighted by Crippen LogP contribution is -2.16. The minimum atomic E-state index is -0.0230. The van der Waals surface area contributed by atoms with Gasteiger partial charge in [0.05, 0.1) is 0 Å². The Kier molecular flexibility index (Phi) is 6.68. The van der Waals surface area contributed by atoms with Crippen molar-refractivity contribution < 1.29 is 9.47 Å². The standard InChI is InChI=1S/C23H25NO2/c1-24-17-16-21(20-12-6-3-7-13-20)26-23-15-9-8-14-22(23)25-18-19-10-4-2-5-11-19/h2-15,21,24H,16-18H2,1H3. The molecule has 3 rings (SSSR count). The first-order valence-corrected chi connectivity index (χ1v) is 8.99. The highest BCUT2D eigenvalue weighted by molar-refractivity contribution is 5.40. The van der Waals surface area contributed by atoms with Gasteiger partial charge in [0, 0.05) is 6.42 Å². The molecule has 0 amide bonds. The molecule has 26 heavy (non-hydrogen) atoms. The van der Waals surface area contributed by atoms with Crippen LogP contribution in [-0.2, 0) is 6.61 Å². The highest BCUT2D eigenvalue weighted by atomic mass is 16.5. The molecule has 0 spiro atoms. The van der Waals surface area contributed by atoms with E-state index in [0.29, 0.717) is 6.61 Å². The summed E-state index contributed by atoms with van der Waals surface area (Å²) in [5, 5.41) is 3.20. The van der Waals surface area contributed by atoms with Crippen LogP contribution in [0.25, 0.3) is 0 Å². The number of hydrogen-bond acceptors (Lipinski definition) is 3. The Balaban J connectivity index is 1.74. The molecule has 1 atom stereocenters. The van der Waals surface area contributed by atoms with Gasteiger partial charge < -0.3 is 14.8 Å². The number of benzene rings is 3. The lowest BCUT2D eigenvalue weighted by atomic mass is 10.1. The topological polar surface area (TPSA) is 30.5 Å². The molecule has 0 saturated heterocycles. The van der Waals surface area contributed by atoms with Gasteiger partial charge in [0.15, 0.2) is 11.5 Å². The lowest BCUT2D eigenvalue weighted by Gasteiger charge is -2.21. The summed E-state index contributed by atoms with van der Waals surface area (Å²) in [5.74, 6) is 1.54. The second-order valence-electron chi connectivity index (χ2n) is 6.13. The molecule has 3 nitrogen and oxygen atoms in total. The van der Waals surface area contributed by atoms with Crippen molar-refractivity contribution in [2.75, 3.05) is 13.6 Å². The van der Waals surface area contributed by atoms with Crippen LogP contribution in [0.1, 0.15) is 23.7 Å². The minimum Gasteiger partial charge on any atom is -0.485 e. The van der Waals surface area contributed by atoms with E-state index in [-0.39, 0.29) is 6.10 Å². The van der Waals surface area contributed by atoms with Crippen molar-refractivity contribution in [3.05, 3.63) is 96.1 Å². The molecule has 134 valence electrons. The summed E-state index contributed by atoms with van der Waals surface area (Å²) < 4.78 is 12.4. The van der Waals surface area contributed by atoms with Crippen molar-refractivity contribution >= 4 is 0 Å². The monoisotopic (exact) mass is 347 g/mol. The van der Waals surface area contributed by atoms with Crippen LogP contribution in [0, 0.1) is 0 Å². The van der Waals surface area contributed by atoms with Crippen LogP contribution in [0.4, 0.5) is 0 Å². The number of ether oxygens (including phenoxy) is 2. The third-order valence-electron chi connectivity index (χ3n) is 4.18. The molecule has 1 unspecified atom stereocenters. The normalized spacial score (nSPS) is 11.7. The molecule has 3 aromatic carbocycles. The van der Waals surface area contributed by atoms with Gasteiger partial charge in [-0.25, -0.2) is 0 Å². The van der Waals surface area contributed by atoms with E-state index >= 15 is 0 Å². The van der Waals surface area contributed by atoms with E-state index < -0.39 is 0 Å². The van der Waals surface area contributed by atoms with Gasteiger partial charge in [-0.05, 0) is 36.9 Å². The Morgan fingerprint density at radius 2 is 1.38 bits per heavy atom. The Bertz CT molecular complexity index is 774. The molecule has 0 aromatic heterocycles. The van der Waals surface area contributed by atoms with Crippen LogP contribution in [0.3, 0.4) is 0 Å². The minimum absolute atomic E-state index is 0.0230. The highest BCUT2D eigenvalue weighted by Gasteiger charge is 2.15. The van der Waals surface area contributed by atoms with E-state index in [1.54, 1.807) is 0 Å². The fraction of sp³-hybridized carbons (Fsp3) is 0.217. The number of para-hydroxylation sites is 2. The summed E-state index contributed by atoms with van der Waals surface area (Å²) in [6, 6.07) is 28.4. The smallest absolute Gasteiger partial charge is 0.162 e. The average molecular weight is 347 g/mol. The lowest BCUT2D eigenvalue weighted by molar-refractivity contribution is 0.180. The van der Waals surface area contributed by atoms with Gasteiger partial charge >= 0.3 is 0 Å². The van der Waals surface area contributed by atoms with Crippen LogP contribution in [0.5, 0.6) is 11.5 Å². The molecular weight excluding hydrogens is 322 g/mol. The van der Waals surface area contributed by atoms with E-state index in [1.165, 1.54) is 5.56 Å². The Morgan fingerprint density at radius 1 is 0.769 bits per heavy atom. The maximum atomic E-state index is 6.36. The largest absolute Gasteiger partial charge is 0.485 e. The summed E-state index contributed by atoms with van der Waals surface area (Å²) in [5.41, 5.74) is 2.30. The van der Waals surface area contributed by atoms with Crippen LogP contribution >= 0.6 is 0 Å². The van der Waals surface area contributed by atoms with Gasteiger partial charge in [0.2, 0.25) is 0 Å². The Morgan fingerprint density at radius 3 is 2.08 bits per heavy atom. The molecule has 0 aliphatic rings. The van der Waals surface area contributed by atoms with Crippen molar-refractivity contribution in [1.29, 1.82) is 0 Å². The van der Waals surface area contributed by atoms with Gasteiger partial charge in [-0.15, -0.1) is 0 Å². The van der Waals surface area contributed by atoms with E-state index in [2.05, 4.69) is 29.6 Å². The molecule has 3 aromatic rings. The molecule has 0 saturated carbocycles. The summed E-state index contributed by atoms with van der Waals surface area (Å²) in [6.07, 6.45) is 0.859. The fourth-order valence-corrected chi connectivity index (χ4v) is 2.79. The zero-order valence-corrected chi connectivity index (χ0v) is 15.1. The molecule has 0 radical (unpaired) electrons. The summed E-state index contributed by atoms with van der Waals surface area (Å²) in [6.45, 7) is 1.40. The highest BCUT2D eigenvalue weighted by Crippen LogP contribution is 2.32. The third kappa shape index (κ3) is 5.11. The van der Waals surface area contributed by atoms with Crippen molar-refractivity contribution in [3.8, 4) is 11.5 Å². The van der Waals surface area contributed by atoms with Crippen molar-refractivity contribution in [2.45, 2.75) is 19.1 Å². The summed E-state index contributed by atoms with van der Waals surface area (Å²) in [4.78, 5) is 0. The van der Waals surface area contributed by atoms with E-state index in [0.717, 1.165) is 30.0 Å². The first kappa shape index (κ1) is 18.0. The molecule has 0 bridgehead atoms. The zero-order valence-electron chi connectivity index (χ0n) is 15.1. The molecule has 0 fully saturated rings. The van der Waals surface area contributed by atoms with Gasteiger partial charge in [-0.3, -0.25) is 0 Å². The second kappa shape index (κ2) is 9.64. The SMILES string of the molecule is CNCCC(Oc1ccccc1OCc1ccccc1)c1ccccc1. The fourth-order valence-electron chi connectivity index (χ4n) is 2.79. The van der Waals surface area contributed by atoms with E-state index in [4.69, 9.17) is 9.47 Å². The molecular formula is C23H25NO2. The van der Waals surface area contributed by atoms with Gasteiger partial charge in [0.25, 0.3) is 0 Å². The van der Waals surface area contributed by atoms with Gasteiger partial charge in [-0.1, -0.05) is 72.8 Å².